The number of allylic oxidation sites excluding steroid dienone is 4. The summed E-state index contributed by atoms with van der Waals surface area (Å²) in [7, 11) is 0. The van der Waals surface area contributed by atoms with E-state index in [1.807, 2.05) is 6.92 Å². The van der Waals surface area contributed by atoms with Crippen molar-refractivity contribution in [2.75, 3.05) is 0 Å². The Morgan fingerprint density at radius 3 is 2.11 bits per heavy atom. The molecule has 0 heterocycles. The van der Waals surface area contributed by atoms with Gasteiger partial charge in [-0.2, -0.15) is 0 Å². The molecular formula is C15H15F3. The van der Waals surface area contributed by atoms with Crippen LogP contribution >= 0.6 is 0 Å². The molecular weight excluding hydrogens is 237 g/mol. The number of hydrogen-bond acceptors (Lipinski definition) is 0. The molecule has 2 rings (SSSR count). The SMILES string of the molecule is CC1=CC(F)=C(c2c(F)cc(C)cc2F)C(C)C1. The van der Waals surface area contributed by atoms with Crippen molar-refractivity contribution in [1.29, 1.82) is 0 Å². The minimum Gasteiger partial charge on any atom is -0.207 e. The zero-order valence-electron chi connectivity index (χ0n) is 10.7. The maximum atomic E-state index is 14.0. The smallest absolute Gasteiger partial charge is 0.134 e. The number of aryl methyl sites for hydroxylation is 1. The summed E-state index contributed by atoms with van der Waals surface area (Å²) in [6, 6.07) is 2.47. The first kappa shape index (κ1) is 12.9. The van der Waals surface area contributed by atoms with Gasteiger partial charge in [0.1, 0.15) is 17.5 Å². The number of halogens is 3. The molecule has 0 saturated heterocycles. The molecule has 0 aromatic heterocycles. The van der Waals surface area contributed by atoms with E-state index in [0.29, 0.717) is 12.0 Å². The van der Waals surface area contributed by atoms with Crippen LogP contribution in [0, 0.1) is 24.5 Å². The van der Waals surface area contributed by atoms with E-state index < -0.39 is 17.5 Å². The fraction of sp³-hybridized carbons (Fsp3) is 0.333. The Labute approximate surface area is 105 Å². The Morgan fingerprint density at radius 1 is 1.06 bits per heavy atom. The third-order valence-corrected chi connectivity index (χ3v) is 3.21. The number of hydrogen-bond donors (Lipinski definition) is 0. The average molecular weight is 252 g/mol. The number of rotatable bonds is 1. The van der Waals surface area contributed by atoms with Gasteiger partial charge in [0, 0.05) is 5.57 Å². The summed E-state index contributed by atoms with van der Waals surface area (Å²) in [6.45, 7) is 5.20. The molecule has 0 radical (unpaired) electrons. The molecule has 1 aliphatic carbocycles. The van der Waals surface area contributed by atoms with Gasteiger partial charge < -0.3 is 0 Å². The summed E-state index contributed by atoms with van der Waals surface area (Å²) >= 11 is 0. The third-order valence-electron chi connectivity index (χ3n) is 3.21. The molecule has 96 valence electrons. The highest BCUT2D eigenvalue weighted by Crippen LogP contribution is 2.39. The summed E-state index contributed by atoms with van der Waals surface area (Å²) in [5.41, 5.74) is 1.28. The van der Waals surface area contributed by atoms with Crippen LogP contribution < -0.4 is 0 Å². The van der Waals surface area contributed by atoms with Crippen LogP contribution in [0.25, 0.3) is 5.57 Å². The van der Waals surface area contributed by atoms with Gasteiger partial charge in [-0.25, -0.2) is 13.2 Å². The first-order valence-electron chi connectivity index (χ1n) is 5.93. The molecule has 0 bridgehead atoms. The molecule has 1 aromatic carbocycles. The lowest BCUT2D eigenvalue weighted by Crippen LogP contribution is -2.09. The Balaban J connectivity index is 2.65. The molecule has 3 heteroatoms. The Bertz CT molecular complexity index is 530. The monoisotopic (exact) mass is 252 g/mol. The molecule has 1 aliphatic rings. The van der Waals surface area contributed by atoms with E-state index >= 15 is 0 Å². The second-order valence-electron chi connectivity index (χ2n) is 4.96. The zero-order valence-corrected chi connectivity index (χ0v) is 10.7. The molecule has 18 heavy (non-hydrogen) atoms. The molecule has 1 aromatic rings. The molecule has 0 amide bonds. The van der Waals surface area contributed by atoms with Gasteiger partial charge in [-0.05, 0) is 50.0 Å². The normalized spacial score (nSPS) is 20.1. The van der Waals surface area contributed by atoms with Gasteiger partial charge in [-0.1, -0.05) is 12.5 Å². The van der Waals surface area contributed by atoms with Gasteiger partial charge in [0.25, 0.3) is 0 Å². The molecule has 0 saturated carbocycles. The summed E-state index contributed by atoms with van der Waals surface area (Å²) in [5.74, 6) is -2.15. The lowest BCUT2D eigenvalue weighted by molar-refractivity contribution is 0.558. The molecule has 0 fully saturated rings. The van der Waals surface area contributed by atoms with Crippen molar-refractivity contribution in [3.8, 4) is 0 Å². The van der Waals surface area contributed by atoms with Gasteiger partial charge in [-0.15, -0.1) is 0 Å². The maximum Gasteiger partial charge on any atom is 0.134 e. The largest absolute Gasteiger partial charge is 0.207 e. The van der Waals surface area contributed by atoms with Gasteiger partial charge in [0.05, 0.1) is 5.56 Å². The van der Waals surface area contributed by atoms with Crippen LogP contribution in [0.3, 0.4) is 0 Å². The standard InChI is InChI=1S/C15H15F3/c1-8-4-10(3)14(11(16)5-8)15-12(17)6-9(2)7-13(15)18/h5-7,10H,4H2,1-3H3. The van der Waals surface area contributed by atoms with E-state index in [1.165, 1.54) is 18.2 Å². The Morgan fingerprint density at radius 2 is 1.61 bits per heavy atom. The predicted molar refractivity (Wildman–Crippen MR) is 66.7 cm³/mol. The van der Waals surface area contributed by atoms with Crippen molar-refractivity contribution in [2.45, 2.75) is 27.2 Å². The summed E-state index contributed by atoms with van der Waals surface area (Å²) in [5, 5.41) is 0. The highest BCUT2D eigenvalue weighted by atomic mass is 19.1. The third kappa shape index (κ3) is 2.22. The maximum absolute atomic E-state index is 14.0. The minimum atomic E-state index is -0.697. The second kappa shape index (κ2) is 4.63. The van der Waals surface area contributed by atoms with Crippen LogP contribution in [-0.2, 0) is 0 Å². The van der Waals surface area contributed by atoms with Crippen LogP contribution in [0.4, 0.5) is 13.2 Å². The molecule has 0 N–H and O–H groups in total. The van der Waals surface area contributed by atoms with E-state index in [-0.39, 0.29) is 17.1 Å². The first-order chi connectivity index (χ1) is 8.40. The van der Waals surface area contributed by atoms with E-state index in [9.17, 15) is 13.2 Å². The van der Waals surface area contributed by atoms with Gasteiger partial charge in [0.15, 0.2) is 0 Å². The summed E-state index contributed by atoms with van der Waals surface area (Å²) in [6.07, 6.45) is 1.98. The van der Waals surface area contributed by atoms with Gasteiger partial charge in [-0.3, -0.25) is 0 Å². The molecule has 0 aliphatic heterocycles. The van der Waals surface area contributed by atoms with Crippen molar-refractivity contribution in [1.82, 2.24) is 0 Å². The quantitative estimate of drug-likeness (QED) is 0.664. The lowest BCUT2D eigenvalue weighted by Gasteiger charge is -2.22. The molecule has 1 atom stereocenters. The molecule has 0 nitrogen and oxygen atoms in total. The van der Waals surface area contributed by atoms with Crippen LogP contribution in [0.15, 0.2) is 29.6 Å². The predicted octanol–water partition coefficient (Wildman–Crippen LogP) is 4.94. The van der Waals surface area contributed by atoms with Gasteiger partial charge >= 0.3 is 0 Å². The van der Waals surface area contributed by atoms with Crippen molar-refractivity contribution in [3.63, 3.8) is 0 Å². The molecule has 0 spiro atoms. The fourth-order valence-electron chi connectivity index (χ4n) is 2.50. The average Bonchev–Trinajstić information content (AvgIpc) is 2.20. The highest BCUT2D eigenvalue weighted by Gasteiger charge is 2.25. The van der Waals surface area contributed by atoms with Crippen LogP contribution in [0.5, 0.6) is 0 Å². The van der Waals surface area contributed by atoms with Crippen molar-refractivity contribution >= 4 is 5.57 Å². The Hall–Kier alpha value is -1.51. The van der Waals surface area contributed by atoms with Crippen LogP contribution in [0.2, 0.25) is 0 Å². The van der Waals surface area contributed by atoms with Crippen molar-refractivity contribution < 1.29 is 13.2 Å². The van der Waals surface area contributed by atoms with E-state index in [2.05, 4.69) is 0 Å². The van der Waals surface area contributed by atoms with E-state index in [1.54, 1.807) is 13.8 Å². The molecule has 1 unspecified atom stereocenters. The second-order valence-corrected chi connectivity index (χ2v) is 4.96. The summed E-state index contributed by atoms with van der Waals surface area (Å²) < 4.78 is 41.7. The number of benzene rings is 1. The van der Waals surface area contributed by atoms with E-state index in [4.69, 9.17) is 0 Å². The highest BCUT2D eigenvalue weighted by molar-refractivity contribution is 5.73. The van der Waals surface area contributed by atoms with E-state index in [0.717, 1.165) is 5.57 Å². The van der Waals surface area contributed by atoms with Gasteiger partial charge in [0.2, 0.25) is 0 Å². The topological polar surface area (TPSA) is 0 Å². The Kier molecular flexibility index (Phi) is 3.33. The first-order valence-corrected chi connectivity index (χ1v) is 5.93. The minimum absolute atomic E-state index is 0.135. The van der Waals surface area contributed by atoms with Crippen molar-refractivity contribution in [3.05, 3.63) is 52.4 Å². The fourth-order valence-corrected chi connectivity index (χ4v) is 2.50. The lowest BCUT2D eigenvalue weighted by atomic mass is 9.84. The zero-order chi connectivity index (χ0) is 13.4. The van der Waals surface area contributed by atoms with Crippen LogP contribution in [-0.4, -0.2) is 0 Å². The summed E-state index contributed by atoms with van der Waals surface area (Å²) in [4.78, 5) is 0. The van der Waals surface area contributed by atoms with Crippen molar-refractivity contribution in [2.24, 2.45) is 5.92 Å². The van der Waals surface area contributed by atoms with Crippen LogP contribution in [0.1, 0.15) is 31.4 Å².